The van der Waals surface area contributed by atoms with Gasteiger partial charge in [-0.2, -0.15) is 0 Å². The van der Waals surface area contributed by atoms with Crippen LogP contribution in [0.3, 0.4) is 0 Å². The van der Waals surface area contributed by atoms with Gasteiger partial charge in [-0.15, -0.1) is 0 Å². The highest BCUT2D eigenvalue weighted by Crippen LogP contribution is 2.19. The van der Waals surface area contributed by atoms with E-state index >= 15 is 0 Å². The minimum Gasteiger partial charge on any atom is -0.411 e. The third-order valence-electron chi connectivity index (χ3n) is 4.33. The van der Waals surface area contributed by atoms with Crippen LogP contribution in [0.1, 0.15) is 29.8 Å². The third kappa shape index (κ3) is 4.71. The third-order valence-corrected chi connectivity index (χ3v) is 6.89. The first-order chi connectivity index (χ1) is 12.9. The molecule has 0 aliphatic carbocycles. The van der Waals surface area contributed by atoms with E-state index in [0.717, 1.165) is 6.42 Å². The van der Waals surface area contributed by atoms with Crippen LogP contribution in [-0.2, 0) is 22.9 Å². The highest BCUT2D eigenvalue weighted by atomic mass is 79.9. The van der Waals surface area contributed by atoms with Gasteiger partial charge in [0.1, 0.15) is 17.2 Å². The molecule has 3 rings (SSSR count). The fourth-order valence-electron chi connectivity index (χ4n) is 2.72. The van der Waals surface area contributed by atoms with Crippen molar-refractivity contribution >= 4 is 31.7 Å². The van der Waals surface area contributed by atoms with Gasteiger partial charge < -0.3 is 5.21 Å². The van der Waals surface area contributed by atoms with Crippen LogP contribution < -0.4 is 0 Å². The lowest BCUT2D eigenvalue weighted by molar-refractivity contribution is 0.300. The highest BCUT2D eigenvalue weighted by Gasteiger charge is 2.27. The molecule has 0 atom stereocenters. The predicted molar refractivity (Wildman–Crippen MR) is 98.7 cm³/mol. The summed E-state index contributed by atoms with van der Waals surface area (Å²) in [6.07, 6.45) is 1.74. The number of aryl methyl sites for hydroxylation is 1. The number of aromatic nitrogens is 2. The van der Waals surface area contributed by atoms with Gasteiger partial charge in [-0.3, -0.25) is 0 Å². The van der Waals surface area contributed by atoms with Crippen LogP contribution in [0.4, 0.5) is 4.39 Å². The molecule has 146 valence electrons. The van der Waals surface area contributed by atoms with Gasteiger partial charge in [0.2, 0.25) is 10.0 Å². The van der Waals surface area contributed by atoms with Crippen molar-refractivity contribution in [1.29, 1.82) is 0 Å². The van der Waals surface area contributed by atoms with E-state index in [9.17, 15) is 18.0 Å². The molecule has 0 spiro atoms. The van der Waals surface area contributed by atoms with Gasteiger partial charge in [-0.25, -0.2) is 21.7 Å². The second kappa shape index (κ2) is 8.44. The average molecular weight is 461 g/mol. The zero-order valence-corrected chi connectivity index (χ0v) is 16.7. The van der Waals surface area contributed by atoms with Crippen LogP contribution in [-0.4, -0.2) is 52.8 Å². The molecule has 0 saturated carbocycles. The normalized spacial score (nSPS) is 15.7. The molecular formula is C16H18BrFN4O4S. The Balaban J connectivity index is 1.66. The average Bonchev–Trinajstić information content (AvgIpc) is 3.02. The molecule has 1 aromatic carbocycles. The Morgan fingerprint density at radius 2 is 2.15 bits per heavy atom. The number of benzene rings is 1. The van der Waals surface area contributed by atoms with E-state index in [1.807, 2.05) is 0 Å². The first-order valence-electron chi connectivity index (χ1n) is 8.35. The lowest BCUT2D eigenvalue weighted by Gasteiger charge is -2.29. The fourth-order valence-corrected chi connectivity index (χ4v) is 4.72. The molecule has 11 heteroatoms. The Labute approximate surface area is 164 Å². The van der Waals surface area contributed by atoms with Gasteiger partial charge in [-0.05, 0) is 58.0 Å². The largest absolute Gasteiger partial charge is 0.411 e. The Morgan fingerprint density at radius 1 is 1.37 bits per heavy atom. The van der Waals surface area contributed by atoms with Crippen molar-refractivity contribution in [2.24, 2.45) is 5.16 Å². The molecule has 0 bridgehead atoms. The summed E-state index contributed by atoms with van der Waals surface area (Å²) in [6, 6.07) is 4.45. The Bertz CT molecular complexity index is 944. The molecule has 1 saturated heterocycles. The summed E-state index contributed by atoms with van der Waals surface area (Å²) >= 11 is 3.11. The summed E-state index contributed by atoms with van der Waals surface area (Å²) in [5.41, 5.74) is 1.59. The molecule has 0 radical (unpaired) electrons. The quantitative estimate of drug-likeness (QED) is 0.367. The van der Waals surface area contributed by atoms with E-state index in [2.05, 4.69) is 31.4 Å². The van der Waals surface area contributed by atoms with Crippen molar-refractivity contribution < 1.29 is 22.6 Å². The van der Waals surface area contributed by atoms with Gasteiger partial charge >= 0.3 is 0 Å². The first-order valence-corrected chi connectivity index (χ1v) is 10.8. The van der Waals surface area contributed by atoms with E-state index in [1.54, 1.807) is 12.1 Å². The second-order valence-electron chi connectivity index (χ2n) is 6.20. The van der Waals surface area contributed by atoms with E-state index in [1.165, 1.54) is 10.4 Å². The summed E-state index contributed by atoms with van der Waals surface area (Å²) < 4.78 is 44.0. The van der Waals surface area contributed by atoms with E-state index < -0.39 is 15.8 Å². The van der Waals surface area contributed by atoms with Gasteiger partial charge in [0.15, 0.2) is 5.69 Å². The van der Waals surface area contributed by atoms with E-state index in [-0.39, 0.29) is 23.6 Å². The molecular weight excluding hydrogens is 443 g/mol. The molecule has 8 nitrogen and oxygen atoms in total. The Hall–Kier alpha value is -1.85. The molecule has 2 heterocycles. The number of halogens is 2. The van der Waals surface area contributed by atoms with Crippen molar-refractivity contribution in [3.05, 3.63) is 45.4 Å². The maximum absolute atomic E-state index is 13.4. The summed E-state index contributed by atoms with van der Waals surface area (Å²) in [7, 11) is -3.24. The topological polar surface area (TPSA) is 109 Å². The van der Waals surface area contributed by atoms with Crippen LogP contribution >= 0.6 is 15.9 Å². The molecule has 0 amide bonds. The lowest BCUT2D eigenvalue weighted by atomic mass is 10.0. The summed E-state index contributed by atoms with van der Waals surface area (Å²) in [4.78, 5) is 0. The zero-order valence-electron chi connectivity index (χ0n) is 14.3. The minimum absolute atomic E-state index is 0.00973. The van der Waals surface area contributed by atoms with Crippen LogP contribution in [0.5, 0.6) is 0 Å². The standard InChI is InChI=1S/C16H18BrFN4O4S/c17-12-9-11(4-5-13(12)18)10-15(19-23)16-14(20-26-21-16)3-1-8-27(24,25)22-6-2-7-22/h4-5,9,23H,1-3,6-8,10H2/b19-15+. The van der Waals surface area contributed by atoms with E-state index in [0.29, 0.717) is 41.7 Å². The minimum atomic E-state index is -3.24. The number of hydrogen-bond donors (Lipinski definition) is 1. The van der Waals surface area contributed by atoms with Gasteiger partial charge in [0.25, 0.3) is 0 Å². The molecule has 1 fully saturated rings. The summed E-state index contributed by atoms with van der Waals surface area (Å²) in [5.74, 6) is -0.385. The van der Waals surface area contributed by atoms with Crippen molar-refractivity contribution in [3.63, 3.8) is 0 Å². The zero-order chi connectivity index (χ0) is 19.4. The van der Waals surface area contributed by atoms with Crippen LogP contribution in [0, 0.1) is 5.82 Å². The van der Waals surface area contributed by atoms with Gasteiger partial charge in [0.05, 0.1) is 10.2 Å². The molecule has 1 N–H and O–H groups in total. The number of hydrogen-bond acceptors (Lipinski definition) is 7. The van der Waals surface area contributed by atoms with Crippen molar-refractivity contribution in [3.8, 4) is 0 Å². The molecule has 0 unspecified atom stereocenters. The van der Waals surface area contributed by atoms with Crippen molar-refractivity contribution in [1.82, 2.24) is 14.6 Å². The first kappa shape index (κ1) is 19.9. The molecule has 2 aromatic rings. The maximum atomic E-state index is 13.4. The number of nitrogens with zero attached hydrogens (tertiary/aromatic N) is 4. The maximum Gasteiger partial charge on any atom is 0.214 e. The highest BCUT2D eigenvalue weighted by molar-refractivity contribution is 9.10. The molecule has 1 aliphatic heterocycles. The molecule has 1 aliphatic rings. The fraction of sp³-hybridized carbons (Fsp3) is 0.438. The lowest BCUT2D eigenvalue weighted by Crippen LogP contribution is -2.43. The molecule has 1 aromatic heterocycles. The summed E-state index contributed by atoms with van der Waals surface area (Å²) in [6.45, 7) is 1.15. The van der Waals surface area contributed by atoms with Gasteiger partial charge in [0, 0.05) is 19.5 Å². The molecule has 27 heavy (non-hydrogen) atoms. The summed E-state index contributed by atoms with van der Waals surface area (Å²) in [5, 5.41) is 20.2. The van der Waals surface area contributed by atoms with Gasteiger partial charge in [-0.1, -0.05) is 16.4 Å². The van der Waals surface area contributed by atoms with E-state index in [4.69, 9.17) is 4.63 Å². The monoisotopic (exact) mass is 460 g/mol. The smallest absolute Gasteiger partial charge is 0.214 e. The van der Waals surface area contributed by atoms with Crippen molar-refractivity contribution in [2.45, 2.75) is 25.7 Å². The number of sulfonamides is 1. The SMILES string of the molecule is O=S(=O)(CCCc1nonc1/C(Cc1ccc(F)c(Br)c1)=N/O)N1CCC1. The van der Waals surface area contributed by atoms with Crippen LogP contribution in [0.25, 0.3) is 0 Å². The van der Waals surface area contributed by atoms with Crippen molar-refractivity contribution in [2.75, 3.05) is 18.8 Å². The van der Waals surface area contributed by atoms with Crippen LogP contribution in [0.15, 0.2) is 32.5 Å². The Kier molecular flexibility index (Phi) is 6.22. The van der Waals surface area contributed by atoms with Crippen LogP contribution in [0.2, 0.25) is 0 Å². The number of rotatable bonds is 8. The predicted octanol–water partition coefficient (Wildman–Crippen LogP) is 2.36. The number of oxime groups is 1. The Morgan fingerprint density at radius 3 is 2.78 bits per heavy atom. The second-order valence-corrected chi connectivity index (χ2v) is 9.15.